The number of benzene rings is 1. The summed E-state index contributed by atoms with van der Waals surface area (Å²) in [6.07, 6.45) is 3.64. The Morgan fingerprint density at radius 1 is 1.38 bits per heavy atom. The van der Waals surface area contributed by atoms with Crippen molar-refractivity contribution in [3.8, 4) is 0 Å². The van der Waals surface area contributed by atoms with Crippen molar-refractivity contribution in [2.24, 2.45) is 7.05 Å². The molecule has 7 heteroatoms. The third-order valence-electron chi connectivity index (χ3n) is 2.72. The van der Waals surface area contributed by atoms with Crippen LogP contribution in [0.3, 0.4) is 0 Å². The first-order chi connectivity index (χ1) is 9.97. The van der Waals surface area contributed by atoms with Crippen molar-refractivity contribution >= 4 is 23.8 Å². The van der Waals surface area contributed by atoms with Gasteiger partial charge in [0.25, 0.3) is 5.91 Å². The third-order valence-corrected chi connectivity index (χ3v) is 2.72. The highest BCUT2D eigenvalue weighted by Gasteiger charge is 2.13. The van der Waals surface area contributed by atoms with Crippen molar-refractivity contribution in [3.63, 3.8) is 0 Å². The number of carboxylic acids is 1. The average molecular weight is 289 g/mol. The topological polar surface area (TPSA) is 84.2 Å². The van der Waals surface area contributed by atoms with E-state index in [1.165, 1.54) is 29.1 Å². The van der Waals surface area contributed by atoms with Gasteiger partial charge in [0.05, 0.1) is 11.8 Å². The van der Waals surface area contributed by atoms with Gasteiger partial charge in [-0.25, -0.2) is 9.18 Å². The summed E-state index contributed by atoms with van der Waals surface area (Å²) in [5, 5.41) is 14.9. The van der Waals surface area contributed by atoms with Crippen LogP contribution in [0.1, 0.15) is 15.9 Å². The molecule has 1 amide bonds. The van der Waals surface area contributed by atoms with E-state index >= 15 is 0 Å². The molecule has 6 nitrogen and oxygen atoms in total. The van der Waals surface area contributed by atoms with E-state index in [0.717, 1.165) is 12.1 Å². The van der Waals surface area contributed by atoms with Gasteiger partial charge in [-0.2, -0.15) is 5.10 Å². The van der Waals surface area contributed by atoms with E-state index in [-0.39, 0.29) is 5.56 Å². The predicted octanol–water partition coefficient (Wildman–Crippen LogP) is 1.91. The van der Waals surface area contributed by atoms with Crippen LogP contribution in [0.25, 0.3) is 6.08 Å². The number of aryl methyl sites for hydroxylation is 1. The number of aromatic nitrogens is 2. The average Bonchev–Trinajstić information content (AvgIpc) is 2.82. The van der Waals surface area contributed by atoms with Crippen molar-refractivity contribution < 1.29 is 19.1 Å². The predicted molar refractivity (Wildman–Crippen MR) is 74.2 cm³/mol. The lowest BCUT2D eigenvalue weighted by Gasteiger charge is -2.06. The van der Waals surface area contributed by atoms with E-state index in [2.05, 4.69) is 10.4 Å². The summed E-state index contributed by atoms with van der Waals surface area (Å²) in [5.74, 6) is -2.03. The van der Waals surface area contributed by atoms with Crippen LogP contribution in [-0.2, 0) is 11.8 Å². The summed E-state index contributed by atoms with van der Waals surface area (Å²) in [6, 6.07) is 5.43. The number of halogens is 1. The van der Waals surface area contributed by atoms with Crippen molar-refractivity contribution in [1.29, 1.82) is 0 Å². The molecular weight excluding hydrogens is 277 g/mol. The molecule has 0 aliphatic heterocycles. The third kappa shape index (κ3) is 3.53. The molecule has 0 saturated heterocycles. The van der Waals surface area contributed by atoms with Crippen LogP contribution in [0.4, 0.5) is 10.2 Å². The number of carbonyl (C=O) groups excluding carboxylic acids is 1. The maximum atomic E-state index is 13.9. The molecule has 2 rings (SSSR count). The lowest BCUT2D eigenvalue weighted by molar-refractivity contribution is -0.131. The molecule has 0 spiro atoms. The summed E-state index contributed by atoms with van der Waals surface area (Å²) in [5.41, 5.74) is 0.218. The number of aliphatic carboxylic acids is 1. The van der Waals surface area contributed by atoms with E-state index in [1.807, 2.05) is 0 Å². The molecule has 1 aromatic carbocycles. The molecule has 0 fully saturated rings. The molecule has 0 saturated carbocycles. The number of anilines is 1. The van der Waals surface area contributed by atoms with E-state index in [1.54, 1.807) is 13.1 Å². The molecule has 2 N–H and O–H groups in total. The molecular formula is C14H12FN3O3. The molecule has 0 aliphatic carbocycles. The van der Waals surface area contributed by atoms with Gasteiger partial charge >= 0.3 is 5.97 Å². The summed E-state index contributed by atoms with van der Waals surface area (Å²) in [6.45, 7) is 0. The molecule has 1 heterocycles. The Labute approximate surface area is 119 Å². The molecule has 108 valence electrons. The Morgan fingerprint density at radius 3 is 2.71 bits per heavy atom. The van der Waals surface area contributed by atoms with Crippen LogP contribution in [0, 0.1) is 5.82 Å². The fraction of sp³-hybridized carbons (Fsp3) is 0.0714. The summed E-state index contributed by atoms with van der Waals surface area (Å²) < 4.78 is 15.3. The lowest BCUT2D eigenvalue weighted by atomic mass is 10.1. The zero-order valence-corrected chi connectivity index (χ0v) is 11.1. The van der Waals surface area contributed by atoms with Gasteiger partial charge in [-0.1, -0.05) is 6.07 Å². The number of hydrogen-bond donors (Lipinski definition) is 2. The van der Waals surface area contributed by atoms with Crippen molar-refractivity contribution in [3.05, 3.63) is 53.5 Å². The minimum absolute atomic E-state index is 0.135. The second-order valence-corrected chi connectivity index (χ2v) is 4.21. The quantitative estimate of drug-likeness (QED) is 0.842. The van der Waals surface area contributed by atoms with Gasteiger partial charge in [0.1, 0.15) is 11.6 Å². The van der Waals surface area contributed by atoms with Gasteiger partial charge in [-0.05, 0) is 23.8 Å². The van der Waals surface area contributed by atoms with Gasteiger partial charge < -0.3 is 10.4 Å². The summed E-state index contributed by atoms with van der Waals surface area (Å²) >= 11 is 0. The second-order valence-electron chi connectivity index (χ2n) is 4.21. The van der Waals surface area contributed by atoms with Gasteiger partial charge in [0.2, 0.25) is 0 Å². The molecule has 2 aromatic rings. The Hall–Kier alpha value is -2.96. The van der Waals surface area contributed by atoms with Crippen LogP contribution < -0.4 is 5.32 Å². The smallest absolute Gasteiger partial charge is 0.328 e. The van der Waals surface area contributed by atoms with Crippen LogP contribution in [-0.4, -0.2) is 26.8 Å². The first kappa shape index (κ1) is 14.4. The SMILES string of the molecule is Cn1nccc1NC(=O)c1ccc(C=CC(=O)O)cc1F. The van der Waals surface area contributed by atoms with E-state index < -0.39 is 17.7 Å². The van der Waals surface area contributed by atoms with Crippen molar-refractivity contribution in [2.75, 3.05) is 5.32 Å². The summed E-state index contributed by atoms with van der Waals surface area (Å²) in [4.78, 5) is 22.3. The normalized spacial score (nSPS) is 10.8. The highest BCUT2D eigenvalue weighted by atomic mass is 19.1. The molecule has 0 radical (unpaired) electrons. The van der Waals surface area contributed by atoms with E-state index in [0.29, 0.717) is 11.4 Å². The zero-order chi connectivity index (χ0) is 15.4. The summed E-state index contributed by atoms with van der Waals surface area (Å²) in [7, 11) is 1.64. The fourth-order valence-electron chi connectivity index (χ4n) is 1.67. The number of nitrogens with zero attached hydrogens (tertiary/aromatic N) is 2. The molecule has 0 bridgehead atoms. The van der Waals surface area contributed by atoms with Crippen LogP contribution in [0.5, 0.6) is 0 Å². The molecule has 0 aliphatic rings. The van der Waals surface area contributed by atoms with Crippen LogP contribution in [0.2, 0.25) is 0 Å². The molecule has 1 aromatic heterocycles. The van der Waals surface area contributed by atoms with Gasteiger partial charge in [-0.3, -0.25) is 9.48 Å². The number of nitrogens with one attached hydrogen (secondary N) is 1. The Bertz CT molecular complexity index is 722. The van der Waals surface area contributed by atoms with Gasteiger partial charge in [0.15, 0.2) is 0 Å². The van der Waals surface area contributed by atoms with E-state index in [4.69, 9.17) is 5.11 Å². The number of hydrogen-bond acceptors (Lipinski definition) is 3. The minimum atomic E-state index is -1.13. The van der Waals surface area contributed by atoms with Crippen LogP contribution in [0.15, 0.2) is 36.5 Å². The zero-order valence-electron chi connectivity index (χ0n) is 11.1. The van der Waals surface area contributed by atoms with Crippen molar-refractivity contribution in [2.45, 2.75) is 0 Å². The Morgan fingerprint density at radius 2 is 2.14 bits per heavy atom. The highest BCUT2D eigenvalue weighted by Crippen LogP contribution is 2.14. The number of carbonyl (C=O) groups is 2. The first-order valence-corrected chi connectivity index (χ1v) is 5.97. The molecule has 0 unspecified atom stereocenters. The van der Waals surface area contributed by atoms with E-state index in [9.17, 15) is 14.0 Å². The standard InChI is InChI=1S/C14H12FN3O3/c1-18-12(6-7-16-18)17-14(21)10-4-2-9(8-11(10)15)3-5-13(19)20/h2-8H,1H3,(H,17,21)(H,19,20). The highest BCUT2D eigenvalue weighted by molar-refractivity contribution is 6.04. The largest absolute Gasteiger partial charge is 0.478 e. The monoisotopic (exact) mass is 289 g/mol. The maximum Gasteiger partial charge on any atom is 0.328 e. The Kier molecular flexibility index (Phi) is 4.13. The second kappa shape index (κ2) is 6.00. The number of amides is 1. The maximum absolute atomic E-state index is 13.9. The van der Waals surface area contributed by atoms with Gasteiger partial charge in [-0.15, -0.1) is 0 Å². The fourth-order valence-corrected chi connectivity index (χ4v) is 1.67. The number of rotatable bonds is 4. The van der Waals surface area contributed by atoms with Gasteiger partial charge in [0, 0.05) is 19.2 Å². The first-order valence-electron chi connectivity index (χ1n) is 5.97. The van der Waals surface area contributed by atoms with Crippen LogP contribution >= 0.6 is 0 Å². The molecule has 0 atom stereocenters. The minimum Gasteiger partial charge on any atom is -0.478 e. The lowest BCUT2D eigenvalue weighted by Crippen LogP contribution is -2.16. The number of carboxylic acid groups (broad SMARTS) is 1. The Balaban J connectivity index is 2.19. The molecule has 21 heavy (non-hydrogen) atoms. The van der Waals surface area contributed by atoms with Crippen molar-refractivity contribution in [1.82, 2.24) is 9.78 Å².